The Morgan fingerprint density at radius 2 is 1.73 bits per heavy atom. The fourth-order valence-corrected chi connectivity index (χ4v) is 6.06. The van der Waals surface area contributed by atoms with Crippen molar-refractivity contribution in [2.45, 2.75) is 51.0 Å². The third kappa shape index (κ3) is 12.3. The molecule has 2 aliphatic rings. The lowest BCUT2D eigenvalue weighted by molar-refractivity contribution is -0.274. The Labute approximate surface area is 286 Å². The number of carbonyl (C=O) groups excluding carboxylic acids is 1. The van der Waals surface area contributed by atoms with Gasteiger partial charge in [-0.25, -0.2) is 17.8 Å². The normalized spacial score (nSPS) is 15.9. The number of alkyl halides is 4. The van der Waals surface area contributed by atoms with E-state index >= 15 is 0 Å². The zero-order valence-corrected chi connectivity index (χ0v) is 29.2. The van der Waals surface area contributed by atoms with E-state index in [0.717, 1.165) is 58.2 Å². The Balaban J connectivity index is 0.000000303. The van der Waals surface area contributed by atoms with Crippen molar-refractivity contribution in [2.24, 2.45) is 0 Å². The summed E-state index contributed by atoms with van der Waals surface area (Å²) in [5.74, 6) is 0.179. The average molecular weight is 757 g/mol. The van der Waals surface area contributed by atoms with E-state index in [0.29, 0.717) is 31.9 Å². The summed E-state index contributed by atoms with van der Waals surface area (Å²) in [5.41, 5.74) is 3.96. The van der Waals surface area contributed by atoms with Crippen LogP contribution in [0.2, 0.25) is 0 Å². The van der Waals surface area contributed by atoms with Crippen molar-refractivity contribution in [1.29, 1.82) is 0 Å². The Kier molecular flexibility index (Phi) is 14.6. The van der Waals surface area contributed by atoms with Crippen molar-refractivity contribution < 1.29 is 35.5 Å². The molecule has 48 heavy (non-hydrogen) atoms. The number of rotatable bonds is 8. The molecule has 15 heteroatoms. The summed E-state index contributed by atoms with van der Waals surface area (Å²) in [6, 6.07) is 9.77. The van der Waals surface area contributed by atoms with Crippen LogP contribution in [0.4, 0.5) is 23.4 Å². The summed E-state index contributed by atoms with van der Waals surface area (Å²) in [6.45, 7) is 7.33. The summed E-state index contributed by atoms with van der Waals surface area (Å²) < 4.78 is 80.0. The average Bonchev–Trinajstić information content (AvgIpc) is 3.27. The van der Waals surface area contributed by atoms with Gasteiger partial charge in [0.05, 0.1) is 28.3 Å². The topological polar surface area (TPSA) is 105 Å². The molecular formula is C33H38BrF4N5O4S. The van der Waals surface area contributed by atoms with Gasteiger partial charge in [0.15, 0.2) is 0 Å². The molecule has 0 bridgehead atoms. The fraction of sp³-hybridized carbons (Fsp3) is 0.364. The molecule has 1 amide bonds. The smallest absolute Gasteiger partial charge is 0.406 e. The minimum atomic E-state index is -4.83. The summed E-state index contributed by atoms with van der Waals surface area (Å²) in [7, 11) is -3.84. The highest BCUT2D eigenvalue weighted by atomic mass is 79.9. The van der Waals surface area contributed by atoms with Crippen LogP contribution in [0.5, 0.6) is 5.75 Å². The number of benzene rings is 2. The number of piperazine rings is 1. The van der Waals surface area contributed by atoms with Crippen molar-refractivity contribution in [1.82, 2.24) is 19.6 Å². The molecule has 1 aromatic heterocycles. The molecule has 1 saturated heterocycles. The first kappa shape index (κ1) is 38.6. The van der Waals surface area contributed by atoms with Crippen molar-refractivity contribution >= 4 is 49.2 Å². The van der Waals surface area contributed by atoms with Crippen molar-refractivity contribution in [3.8, 4) is 5.75 Å². The fourth-order valence-electron chi connectivity index (χ4n) is 4.29. The molecule has 0 radical (unpaired) electrons. The van der Waals surface area contributed by atoms with Crippen LogP contribution < -0.4 is 15.0 Å². The highest BCUT2D eigenvalue weighted by Gasteiger charge is 2.32. The van der Waals surface area contributed by atoms with Crippen molar-refractivity contribution in [3.63, 3.8) is 0 Å². The molecule has 9 nitrogen and oxygen atoms in total. The van der Waals surface area contributed by atoms with Crippen LogP contribution in [0.3, 0.4) is 0 Å². The SMILES string of the molecule is CC1=CC=C(CNC=O)C=CC1.CCC(C)F.O=S(=O)(c1ccc(OC(F)(F)F)cc1)N1CCN(c2cnc3cc(Br)ccc3n2)CC1. The monoisotopic (exact) mass is 755 g/mol. The maximum atomic E-state index is 12.8. The number of hydrogen-bond donors (Lipinski definition) is 1. The van der Waals surface area contributed by atoms with Crippen LogP contribution in [0.25, 0.3) is 11.0 Å². The minimum Gasteiger partial charge on any atom is -0.406 e. The predicted octanol–water partition coefficient (Wildman–Crippen LogP) is 7.12. The van der Waals surface area contributed by atoms with E-state index in [1.165, 1.54) is 9.88 Å². The Morgan fingerprint density at radius 3 is 2.33 bits per heavy atom. The lowest BCUT2D eigenvalue weighted by Gasteiger charge is -2.34. The molecule has 1 aliphatic heterocycles. The van der Waals surface area contributed by atoms with Gasteiger partial charge in [-0.1, -0.05) is 52.7 Å². The number of amides is 1. The van der Waals surface area contributed by atoms with Gasteiger partial charge in [0.2, 0.25) is 16.4 Å². The number of carbonyl (C=O) groups is 1. The van der Waals surface area contributed by atoms with Crippen LogP contribution in [-0.4, -0.2) is 74.4 Å². The van der Waals surface area contributed by atoms with Gasteiger partial charge >= 0.3 is 6.36 Å². The van der Waals surface area contributed by atoms with E-state index in [2.05, 4.69) is 55.0 Å². The highest BCUT2D eigenvalue weighted by molar-refractivity contribution is 9.10. The second-order valence-corrected chi connectivity index (χ2v) is 13.7. The summed E-state index contributed by atoms with van der Waals surface area (Å²) in [5, 5.41) is 2.63. The second kappa shape index (κ2) is 18.1. The molecule has 1 unspecified atom stereocenters. The van der Waals surface area contributed by atoms with Gasteiger partial charge in [0.25, 0.3) is 0 Å². The van der Waals surface area contributed by atoms with Gasteiger partial charge in [0.1, 0.15) is 11.6 Å². The van der Waals surface area contributed by atoms with Crippen LogP contribution in [0.15, 0.2) is 93.5 Å². The summed E-state index contributed by atoms with van der Waals surface area (Å²) in [6.07, 6.45) is 6.83. The van der Waals surface area contributed by atoms with E-state index in [4.69, 9.17) is 0 Å². The standard InChI is InChI=1S/C19H16BrF3N4O3S.C10H13NO.C4H9F/c20-13-1-6-16-17(11-13)24-12-18(25-16)26-7-9-27(10-8-26)31(28,29)15-4-2-14(3-5-15)30-19(21,22)23;1-9-3-2-4-10(6-5-9)7-11-8-12;1-3-4(2)5/h1-6,11-12H,7-10H2;2,4-6,8H,3,7H2,1H3,(H,11,12);4H,3H2,1-2H3. The van der Waals surface area contributed by atoms with Gasteiger partial charge in [-0.15, -0.1) is 13.2 Å². The summed E-state index contributed by atoms with van der Waals surface area (Å²) in [4.78, 5) is 20.9. The van der Waals surface area contributed by atoms with Gasteiger partial charge < -0.3 is 15.0 Å². The van der Waals surface area contributed by atoms with E-state index in [1.807, 2.05) is 42.2 Å². The molecule has 0 saturated carbocycles. The largest absolute Gasteiger partial charge is 0.573 e. The number of sulfonamides is 1. The number of nitrogens with zero attached hydrogens (tertiary/aromatic N) is 4. The van der Waals surface area contributed by atoms with Crippen LogP contribution >= 0.6 is 15.9 Å². The highest BCUT2D eigenvalue weighted by Crippen LogP contribution is 2.26. The third-order valence-electron chi connectivity index (χ3n) is 7.06. The quantitative estimate of drug-likeness (QED) is 0.193. The molecule has 1 fully saturated rings. The maximum absolute atomic E-state index is 12.8. The number of hydrogen-bond acceptors (Lipinski definition) is 7. The van der Waals surface area contributed by atoms with E-state index in [1.54, 1.807) is 13.1 Å². The lowest BCUT2D eigenvalue weighted by Crippen LogP contribution is -2.48. The zero-order chi connectivity index (χ0) is 35.3. The second-order valence-electron chi connectivity index (χ2n) is 10.8. The van der Waals surface area contributed by atoms with Crippen molar-refractivity contribution in [2.75, 3.05) is 37.6 Å². The number of fused-ring (bicyclic) bond motifs is 1. The molecule has 5 rings (SSSR count). The Hall–Kier alpha value is -3.82. The maximum Gasteiger partial charge on any atom is 0.573 e. The number of allylic oxidation sites excluding steroid dienone is 4. The van der Waals surface area contributed by atoms with Gasteiger partial charge in [-0.05, 0) is 74.7 Å². The van der Waals surface area contributed by atoms with E-state index in [9.17, 15) is 30.8 Å². The Morgan fingerprint density at radius 1 is 1.06 bits per heavy atom. The number of aromatic nitrogens is 2. The Bertz CT molecular complexity index is 1710. The molecule has 1 N–H and O–H groups in total. The lowest BCUT2D eigenvalue weighted by atomic mass is 10.2. The molecular weight excluding hydrogens is 718 g/mol. The van der Waals surface area contributed by atoms with Crippen LogP contribution in [0, 0.1) is 0 Å². The van der Waals surface area contributed by atoms with Gasteiger partial charge in [0, 0.05) is 37.2 Å². The van der Waals surface area contributed by atoms with Crippen molar-refractivity contribution in [3.05, 3.63) is 88.6 Å². The van der Waals surface area contributed by atoms with E-state index < -0.39 is 28.3 Å². The molecule has 1 atom stereocenters. The number of halogens is 5. The molecule has 3 aromatic rings. The molecule has 2 heterocycles. The molecule has 1 aliphatic carbocycles. The number of nitrogens with one attached hydrogen (secondary N) is 1. The summed E-state index contributed by atoms with van der Waals surface area (Å²) >= 11 is 3.39. The first-order valence-corrected chi connectivity index (χ1v) is 17.3. The minimum absolute atomic E-state index is 0.0912. The van der Waals surface area contributed by atoms with Crippen LogP contribution in [-0.2, 0) is 14.8 Å². The first-order valence-electron chi connectivity index (χ1n) is 15.1. The van der Waals surface area contributed by atoms with E-state index in [-0.39, 0.29) is 18.0 Å². The number of anilines is 1. The van der Waals surface area contributed by atoms with Gasteiger partial charge in [-0.3, -0.25) is 9.78 Å². The molecule has 0 spiro atoms. The number of ether oxygens (including phenoxy) is 1. The molecule has 2 aromatic carbocycles. The zero-order valence-electron chi connectivity index (χ0n) is 26.8. The first-order chi connectivity index (χ1) is 22.7. The van der Waals surface area contributed by atoms with Crippen LogP contribution in [0.1, 0.15) is 33.6 Å². The molecule has 260 valence electrons. The van der Waals surface area contributed by atoms with Gasteiger partial charge in [-0.2, -0.15) is 4.31 Å². The third-order valence-corrected chi connectivity index (χ3v) is 9.46. The predicted molar refractivity (Wildman–Crippen MR) is 182 cm³/mol.